The van der Waals surface area contributed by atoms with Gasteiger partial charge in [0.1, 0.15) is 7.85 Å². The first-order valence-corrected chi connectivity index (χ1v) is 4.71. The lowest BCUT2D eigenvalue weighted by atomic mass is 9.94. The fraction of sp³-hybridized carbons (Fsp3) is 0.273. The van der Waals surface area contributed by atoms with Crippen molar-refractivity contribution in [3.05, 3.63) is 30.0 Å². The summed E-state index contributed by atoms with van der Waals surface area (Å²) < 4.78 is 0. The van der Waals surface area contributed by atoms with Crippen LogP contribution in [0, 0.1) is 0 Å². The number of benzene rings is 1. The Labute approximate surface area is 80.0 Å². The second-order valence-corrected chi connectivity index (χ2v) is 3.82. The summed E-state index contributed by atoms with van der Waals surface area (Å²) in [5.41, 5.74) is 3.47. The SMILES string of the molecule is [B]c1ccc2c(C3CC3)c[nH]c2c1.[HH]. The van der Waals surface area contributed by atoms with Crippen LogP contribution in [0.15, 0.2) is 24.4 Å². The molecular weight excluding hydrogens is 157 g/mol. The van der Waals surface area contributed by atoms with Gasteiger partial charge in [-0.1, -0.05) is 17.6 Å². The molecule has 1 aromatic heterocycles. The number of nitrogens with one attached hydrogen (secondary N) is 1. The van der Waals surface area contributed by atoms with E-state index in [2.05, 4.69) is 17.2 Å². The van der Waals surface area contributed by atoms with Gasteiger partial charge < -0.3 is 4.98 Å². The number of aromatic nitrogens is 1. The lowest BCUT2D eigenvalue weighted by Crippen LogP contribution is -1.99. The number of fused-ring (bicyclic) bond motifs is 1. The van der Waals surface area contributed by atoms with Crippen LogP contribution in [0.1, 0.15) is 25.7 Å². The molecule has 0 atom stereocenters. The first-order valence-electron chi connectivity index (χ1n) is 4.71. The van der Waals surface area contributed by atoms with Crippen LogP contribution in [0.5, 0.6) is 0 Å². The van der Waals surface area contributed by atoms with Crippen molar-refractivity contribution in [2.24, 2.45) is 0 Å². The summed E-state index contributed by atoms with van der Waals surface area (Å²) in [4.78, 5) is 3.27. The molecule has 1 aromatic carbocycles. The van der Waals surface area contributed by atoms with Gasteiger partial charge in [-0.3, -0.25) is 0 Å². The molecule has 64 valence electrons. The van der Waals surface area contributed by atoms with Crippen LogP contribution >= 0.6 is 0 Å². The van der Waals surface area contributed by atoms with Gasteiger partial charge in [-0.2, -0.15) is 0 Å². The number of hydrogen-bond acceptors (Lipinski definition) is 0. The highest BCUT2D eigenvalue weighted by molar-refractivity contribution is 6.33. The van der Waals surface area contributed by atoms with E-state index in [-0.39, 0.29) is 1.43 Å². The highest BCUT2D eigenvalue weighted by atomic mass is 14.7. The maximum Gasteiger partial charge on any atom is 0.113 e. The van der Waals surface area contributed by atoms with Gasteiger partial charge in [-0.15, -0.1) is 0 Å². The second kappa shape index (κ2) is 2.41. The Morgan fingerprint density at radius 2 is 2.23 bits per heavy atom. The van der Waals surface area contributed by atoms with Crippen molar-refractivity contribution < 1.29 is 1.43 Å². The largest absolute Gasteiger partial charge is 0.361 e. The number of H-pyrrole nitrogens is 1. The molecule has 1 saturated carbocycles. The Balaban J connectivity index is 0.000000750. The molecule has 1 aliphatic rings. The van der Waals surface area contributed by atoms with E-state index in [1.807, 2.05) is 12.1 Å². The molecular formula is C11H12BN. The van der Waals surface area contributed by atoms with E-state index in [0.717, 1.165) is 11.4 Å². The quantitative estimate of drug-likeness (QED) is 0.629. The molecule has 1 aliphatic carbocycles. The molecule has 0 bridgehead atoms. The first-order chi connectivity index (χ1) is 6.34. The van der Waals surface area contributed by atoms with Crippen molar-refractivity contribution in [2.45, 2.75) is 18.8 Å². The minimum atomic E-state index is 0. The fourth-order valence-electron chi connectivity index (χ4n) is 1.90. The lowest BCUT2D eigenvalue weighted by molar-refractivity contribution is 1.15. The minimum absolute atomic E-state index is 0. The van der Waals surface area contributed by atoms with Gasteiger partial charge in [0.25, 0.3) is 0 Å². The van der Waals surface area contributed by atoms with Crippen LogP contribution in [0.3, 0.4) is 0 Å². The van der Waals surface area contributed by atoms with Crippen LogP contribution in [-0.2, 0) is 0 Å². The van der Waals surface area contributed by atoms with Crippen molar-refractivity contribution in [1.82, 2.24) is 4.98 Å². The van der Waals surface area contributed by atoms with Gasteiger partial charge in [0.15, 0.2) is 0 Å². The number of aromatic amines is 1. The Bertz CT molecular complexity index is 459. The zero-order valence-electron chi connectivity index (χ0n) is 7.38. The Morgan fingerprint density at radius 1 is 1.38 bits per heavy atom. The van der Waals surface area contributed by atoms with Gasteiger partial charge >= 0.3 is 0 Å². The van der Waals surface area contributed by atoms with Crippen LogP contribution in [0.25, 0.3) is 10.9 Å². The predicted molar refractivity (Wildman–Crippen MR) is 57.8 cm³/mol. The third-order valence-corrected chi connectivity index (χ3v) is 2.75. The highest BCUT2D eigenvalue weighted by Gasteiger charge is 2.25. The summed E-state index contributed by atoms with van der Waals surface area (Å²) >= 11 is 0. The highest BCUT2D eigenvalue weighted by Crippen LogP contribution is 2.42. The van der Waals surface area contributed by atoms with E-state index >= 15 is 0 Å². The maximum atomic E-state index is 5.70. The third kappa shape index (κ3) is 1.09. The predicted octanol–water partition coefficient (Wildman–Crippen LogP) is 2.09. The van der Waals surface area contributed by atoms with Crippen molar-refractivity contribution in [1.29, 1.82) is 0 Å². The molecule has 0 amide bonds. The van der Waals surface area contributed by atoms with Crippen molar-refractivity contribution in [3.8, 4) is 0 Å². The van der Waals surface area contributed by atoms with Crippen molar-refractivity contribution >= 4 is 24.2 Å². The molecule has 2 radical (unpaired) electrons. The maximum absolute atomic E-state index is 5.70. The molecule has 1 heterocycles. The smallest absolute Gasteiger partial charge is 0.113 e. The minimum Gasteiger partial charge on any atom is -0.361 e. The topological polar surface area (TPSA) is 15.8 Å². The Morgan fingerprint density at radius 3 is 3.00 bits per heavy atom. The first kappa shape index (κ1) is 7.25. The molecule has 0 saturated heterocycles. The summed E-state index contributed by atoms with van der Waals surface area (Å²) in [7, 11) is 5.70. The average molecular weight is 169 g/mol. The van der Waals surface area contributed by atoms with E-state index in [9.17, 15) is 0 Å². The van der Waals surface area contributed by atoms with Gasteiger partial charge in [0.05, 0.1) is 0 Å². The summed E-state index contributed by atoms with van der Waals surface area (Å²) in [5.74, 6) is 0.803. The molecule has 3 rings (SSSR count). The van der Waals surface area contributed by atoms with E-state index in [4.69, 9.17) is 7.85 Å². The average Bonchev–Trinajstić information content (AvgIpc) is 2.87. The third-order valence-electron chi connectivity index (χ3n) is 2.75. The molecule has 2 aromatic rings. The van der Waals surface area contributed by atoms with Crippen LogP contribution in [-0.4, -0.2) is 12.8 Å². The van der Waals surface area contributed by atoms with Gasteiger partial charge in [0, 0.05) is 18.5 Å². The molecule has 1 fully saturated rings. The van der Waals surface area contributed by atoms with E-state index < -0.39 is 0 Å². The standard InChI is InChI=1S/C11H10BN.H2/c12-8-3-4-9-10(7-1-2-7)6-13-11(9)5-8;/h3-7,13H,1-2H2;1H. The molecule has 0 spiro atoms. The Kier molecular flexibility index (Phi) is 1.34. The number of hydrogen-bond donors (Lipinski definition) is 1. The molecule has 2 heteroatoms. The molecule has 1 nitrogen and oxygen atoms in total. The molecule has 13 heavy (non-hydrogen) atoms. The Hall–Kier alpha value is -1.18. The summed E-state index contributed by atoms with van der Waals surface area (Å²) in [6.45, 7) is 0. The van der Waals surface area contributed by atoms with E-state index in [1.165, 1.54) is 29.3 Å². The monoisotopic (exact) mass is 169 g/mol. The van der Waals surface area contributed by atoms with Gasteiger partial charge in [-0.05, 0) is 30.4 Å². The zero-order valence-corrected chi connectivity index (χ0v) is 7.38. The summed E-state index contributed by atoms with van der Waals surface area (Å²) in [6, 6.07) is 6.10. The zero-order chi connectivity index (χ0) is 8.84. The molecule has 0 aliphatic heterocycles. The van der Waals surface area contributed by atoms with Crippen LogP contribution in [0.2, 0.25) is 0 Å². The van der Waals surface area contributed by atoms with Gasteiger partial charge in [-0.25, -0.2) is 0 Å². The fourth-order valence-corrected chi connectivity index (χ4v) is 1.90. The van der Waals surface area contributed by atoms with Crippen molar-refractivity contribution in [2.75, 3.05) is 0 Å². The van der Waals surface area contributed by atoms with E-state index in [0.29, 0.717) is 0 Å². The lowest BCUT2D eigenvalue weighted by Gasteiger charge is -1.96. The van der Waals surface area contributed by atoms with E-state index in [1.54, 1.807) is 0 Å². The van der Waals surface area contributed by atoms with Crippen LogP contribution in [0.4, 0.5) is 0 Å². The van der Waals surface area contributed by atoms with Gasteiger partial charge in [0.2, 0.25) is 0 Å². The second-order valence-electron chi connectivity index (χ2n) is 3.82. The normalized spacial score (nSPS) is 16.6. The summed E-state index contributed by atoms with van der Waals surface area (Å²) in [5, 5.41) is 1.34. The number of rotatable bonds is 1. The summed E-state index contributed by atoms with van der Waals surface area (Å²) in [6.07, 6.45) is 4.82. The van der Waals surface area contributed by atoms with Crippen molar-refractivity contribution in [3.63, 3.8) is 0 Å². The van der Waals surface area contributed by atoms with Crippen LogP contribution < -0.4 is 5.46 Å². The molecule has 1 N–H and O–H groups in total. The molecule has 0 unspecified atom stereocenters.